The zero-order chi connectivity index (χ0) is 13.6. The van der Waals surface area contributed by atoms with E-state index in [2.05, 4.69) is 0 Å². The highest BCUT2D eigenvalue weighted by molar-refractivity contribution is 7.97. The molecule has 10 heteroatoms. The highest BCUT2D eigenvalue weighted by Gasteiger charge is 2.45. The molecular weight excluding hydrogens is 291 g/mol. The molecule has 0 aromatic heterocycles. The maximum Gasteiger partial charge on any atom is 0.483 e. The smallest absolute Gasteiger partial charge is 0.227 e. The van der Waals surface area contributed by atoms with E-state index < -0.39 is 21.7 Å². The largest absolute Gasteiger partial charge is 0.483 e. The van der Waals surface area contributed by atoms with Gasteiger partial charge in [-0.25, -0.2) is 19.0 Å². The number of halogens is 3. The number of primary sulfonamides is 1. The van der Waals surface area contributed by atoms with Gasteiger partial charge < -0.3 is 0 Å². The molecule has 1 unspecified atom stereocenters. The molecule has 0 fully saturated rings. The molecule has 1 heterocycles. The second-order valence-corrected chi connectivity index (χ2v) is 6.13. The molecule has 1 atom stereocenters. The van der Waals surface area contributed by atoms with Gasteiger partial charge in [-0.1, -0.05) is 22.6 Å². The molecule has 100 valence electrons. The van der Waals surface area contributed by atoms with Crippen LogP contribution in [0.1, 0.15) is 10.9 Å². The van der Waals surface area contributed by atoms with Crippen LogP contribution in [0.5, 0.6) is 0 Å². The summed E-state index contributed by atoms with van der Waals surface area (Å²) in [6.07, 6.45) is -4.72. The summed E-state index contributed by atoms with van der Waals surface area (Å²) in [6, 6.07) is 5.87. The maximum atomic E-state index is 12.6. The minimum absolute atomic E-state index is 0.176. The van der Waals surface area contributed by atoms with Crippen molar-refractivity contribution in [2.45, 2.75) is 16.6 Å². The molecule has 0 bridgehead atoms. The predicted octanol–water partition coefficient (Wildman–Crippen LogP) is 1.32. The first-order chi connectivity index (χ1) is 8.19. The Hall–Kier alpha value is -0.810. The Bertz CT molecular complexity index is 561. The zero-order valence-corrected chi connectivity index (χ0v) is 10.3. The van der Waals surface area contributed by atoms with Crippen LogP contribution in [0, 0.1) is 0 Å². The fraction of sp³-hybridized carbons (Fsp3) is 0.250. The van der Waals surface area contributed by atoms with Gasteiger partial charge in [0.2, 0.25) is 10.0 Å². The molecule has 5 nitrogen and oxygen atoms in total. The molecule has 0 amide bonds. The lowest BCUT2D eigenvalue weighted by Gasteiger charge is -2.33. The van der Waals surface area contributed by atoms with Crippen molar-refractivity contribution < 1.29 is 21.6 Å². The van der Waals surface area contributed by atoms with E-state index in [1.54, 1.807) is 0 Å². The van der Waals surface area contributed by atoms with E-state index in [0.29, 0.717) is 11.9 Å². The Morgan fingerprint density at radius 3 is 2.50 bits per heavy atom. The normalized spacial score (nSPS) is 21.7. The van der Waals surface area contributed by atoms with Crippen LogP contribution in [-0.2, 0) is 10.0 Å². The first-order valence-electron chi connectivity index (χ1n) is 4.61. The highest BCUT2D eigenvalue weighted by Crippen LogP contribution is 2.41. The van der Waals surface area contributed by atoms with Gasteiger partial charge in [0.05, 0.1) is 0 Å². The molecule has 1 aliphatic heterocycles. The Kier molecular flexibility index (Phi) is 3.32. The van der Waals surface area contributed by atoms with Crippen LogP contribution in [0.3, 0.4) is 0 Å². The van der Waals surface area contributed by atoms with Crippen LogP contribution < -0.4 is 10.6 Å². The van der Waals surface area contributed by atoms with E-state index in [0.717, 1.165) is 0 Å². The number of hydrazine groups is 1. The fourth-order valence-electron chi connectivity index (χ4n) is 1.46. The third-order valence-corrected chi connectivity index (χ3v) is 4.26. The van der Waals surface area contributed by atoms with Crippen molar-refractivity contribution in [3.8, 4) is 0 Å². The van der Waals surface area contributed by atoms with Crippen LogP contribution in [0.15, 0.2) is 29.2 Å². The number of hydrogen-bond acceptors (Lipinski definition) is 5. The molecule has 0 saturated heterocycles. The molecule has 0 radical (unpaired) electrons. The quantitative estimate of drug-likeness (QED) is 0.604. The molecule has 0 saturated carbocycles. The third-order valence-electron chi connectivity index (χ3n) is 2.18. The summed E-state index contributed by atoms with van der Waals surface area (Å²) in [5.74, 6) is 0. The van der Waals surface area contributed by atoms with Crippen molar-refractivity contribution in [2.24, 2.45) is 5.14 Å². The average molecular weight is 299 g/mol. The molecule has 3 N–H and O–H groups in total. The summed E-state index contributed by atoms with van der Waals surface area (Å²) in [4.78, 5) is 0.188. The second-order valence-electron chi connectivity index (χ2n) is 3.49. The number of nitrogens with two attached hydrogens (primary N) is 1. The lowest BCUT2D eigenvalue weighted by Crippen LogP contribution is -2.50. The molecule has 1 aromatic carbocycles. The van der Waals surface area contributed by atoms with Crippen molar-refractivity contribution in [1.29, 1.82) is 0 Å². The van der Waals surface area contributed by atoms with Gasteiger partial charge in [0.25, 0.3) is 0 Å². The fourth-order valence-corrected chi connectivity index (χ4v) is 3.30. The van der Waals surface area contributed by atoms with Crippen molar-refractivity contribution in [1.82, 2.24) is 9.84 Å². The SMILES string of the molecule is NS(=O)(=O)C1NN(C(F)(F)F)Sc2ccccc21. The Morgan fingerprint density at radius 1 is 1.33 bits per heavy atom. The van der Waals surface area contributed by atoms with Gasteiger partial charge in [-0.3, -0.25) is 0 Å². The second kappa shape index (κ2) is 4.38. The van der Waals surface area contributed by atoms with Gasteiger partial charge in [0.15, 0.2) is 5.37 Å². The number of hydrogen-bond donors (Lipinski definition) is 2. The average Bonchev–Trinajstić information content (AvgIpc) is 2.25. The third kappa shape index (κ3) is 2.62. The standard InChI is InChI=1S/C8H8F3N3O2S2/c9-8(10,11)14-13-7(18(12,15)16)5-3-1-2-4-6(5)17-14/h1-4,7,13H,(H2,12,15,16). The van der Waals surface area contributed by atoms with Gasteiger partial charge in [0.1, 0.15) is 0 Å². The number of sulfonamides is 1. The zero-order valence-electron chi connectivity index (χ0n) is 8.68. The number of fused-ring (bicyclic) bond motifs is 1. The van der Waals surface area contributed by atoms with Crippen LogP contribution in [-0.4, -0.2) is 19.1 Å². The number of nitrogens with zero attached hydrogens (tertiary/aromatic N) is 1. The van der Waals surface area contributed by atoms with Crippen molar-refractivity contribution in [3.63, 3.8) is 0 Å². The summed E-state index contributed by atoms with van der Waals surface area (Å²) in [5.41, 5.74) is 2.05. The first kappa shape index (κ1) is 13.6. The van der Waals surface area contributed by atoms with E-state index in [9.17, 15) is 21.6 Å². The number of nitrogens with one attached hydrogen (secondary N) is 1. The van der Waals surface area contributed by atoms with E-state index in [-0.39, 0.29) is 14.9 Å². The Balaban J connectivity index is 2.49. The van der Waals surface area contributed by atoms with Gasteiger partial charge in [0, 0.05) is 10.5 Å². The molecule has 1 aromatic rings. The molecule has 18 heavy (non-hydrogen) atoms. The van der Waals surface area contributed by atoms with E-state index in [1.807, 2.05) is 5.43 Å². The summed E-state index contributed by atoms with van der Waals surface area (Å²) in [7, 11) is -4.20. The van der Waals surface area contributed by atoms with Crippen LogP contribution >= 0.6 is 11.9 Å². The molecular formula is C8H8F3N3O2S2. The van der Waals surface area contributed by atoms with Crippen LogP contribution in [0.4, 0.5) is 13.2 Å². The summed E-state index contributed by atoms with van der Waals surface area (Å²) >= 11 is 0.361. The Labute approximate surface area is 105 Å². The lowest BCUT2D eigenvalue weighted by molar-refractivity contribution is -0.223. The van der Waals surface area contributed by atoms with Gasteiger partial charge in [-0.2, -0.15) is 13.2 Å². The minimum Gasteiger partial charge on any atom is -0.227 e. The van der Waals surface area contributed by atoms with Gasteiger partial charge in [-0.05, 0) is 18.0 Å². The van der Waals surface area contributed by atoms with Crippen molar-refractivity contribution in [3.05, 3.63) is 29.8 Å². The molecule has 0 spiro atoms. The lowest BCUT2D eigenvalue weighted by atomic mass is 10.2. The van der Waals surface area contributed by atoms with Gasteiger partial charge in [-0.15, -0.1) is 0 Å². The van der Waals surface area contributed by atoms with E-state index >= 15 is 0 Å². The number of alkyl halides is 3. The topological polar surface area (TPSA) is 75.4 Å². The Morgan fingerprint density at radius 2 is 1.94 bits per heavy atom. The van der Waals surface area contributed by atoms with E-state index in [1.165, 1.54) is 24.3 Å². The minimum atomic E-state index is -4.72. The highest BCUT2D eigenvalue weighted by atomic mass is 32.2. The monoisotopic (exact) mass is 299 g/mol. The first-order valence-corrected chi connectivity index (χ1v) is 6.99. The molecule has 1 aliphatic rings. The molecule has 0 aliphatic carbocycles. The summed E-state index contributed by atoms with van der Waals surface area (Å²) in [5, 5.41) is 3.32. The predicted molar refractivity (Wildman–Crippen MR) is 59.2 cm³/mol. The van der Waals surface area contributed by atoms with Crippen molar-refractivity contribution in [2.75, 3.05) is 0 Å². The van der Waals surface area contributed by atoms with E-state index in [4.69, 9.17) is 5.14 Å². The van der Waals surface area contributed by atoms with Crippen LogP contribution in [0.2, 0.25) is 0 Å². The number of rotatable bonds is 1. The summed E-state index contributed by atoms with van der Waals surface area (Å²) < 4.78 is 60.3. The van der Waals surface area contributed by atoms with Gasteiger partial charge >= 0.3 is 6.30 Å². The molecule has 2 rings (SSSR count). The number of benzene rings is 1. The van der Waals surface area contributed by atoms with Crippen LogP contribution in [0.25, 0.3) is 0 Å². The maximum absolute atomic E-state index is 12.6. The summed E-state index contributed by atoms with van der Waals surface area (Å²) in [6.45, 7) is 0. The van der Waals surface area contributed by atoms with Crippen molar-refractivity contribution >= 4 is 22.0 Å².